The van der Waals surface area contributed by atoms with Gasteiger partial charge in [-0.1, -0.05) is 55.5 Å². The quantitative estimate of drug-likeness (QED) is 0.453. The van der Waals surface area contributed by atoms with Gasteiger partial charge in [0.25, 0.3) is 5.89 Å². The summed E-state index contributed by atoms with van der Waals surface area (Å²) >= 11 is 1.56. The lowest BCUT2D eigenvalue weighted by Crippen LogP contribution is -2.50. The number of benzene rings is 1. The highest BCUT2D eigenvalue weighted by Crippen LogP contribution is 2.23. The van der Waals surface area contributed by atoms with Crippen molar-refractivity contribution in [1.29, 1.82) is 0 Å². The Bertz CT molecular complexity index is 1010. The molecule has 174 valence electrons. The molecule has 0 aliphatic carbocycles. The summed E-state index contributed by atoms with van der Waals surface area (Å²) in [5.41, 5.74) is 1.22. The molecule has 0 atom stereocenters. The molecule has 0 spiro atoms. The van der Waals surface area contributed by atoms with Gasteiger partial charge in [0.1, 0.15) is 0 Å². The largest absolute Gasteiger partial charge is 0.418 e. The highest BCUT2D eigenvalue weighted by atomic mass is 32.1. The van der Waals surface area contributed by atoms with E-state index in [4.69, 9.17) is 4.42 Å². The maximum Gasteiger partial charge on any atom is 0.257 e. The summed E-state index contributed by atoms with van der Waals surface area (Å²) in [6, 6.07) is 14.3. The molecule has 1 aliphatic heterocycles. The summed E-state index contributed by atoms with van der Waals surface area (Å²) in [5, 5.41) is 10.3. The van der Waals surface area contributed by atoms with Crippen LogP contribution in [0, 0.1) is 0 Å². The number of piperazine rings is 1. The minimum absolute atomic E-state index is 0.116. The SMILES string of the molecule is CCCN(Cc1nnc(-c2cccs2)o1)C(=O)CN1CCN(C/C=C/c2ccccc2)CC1. The van der Waals surface area contributed by atoms with Crippen LogP contribution in [0.15, 0.2) is 58.3 Å². The molecule has 0 bridgehead atoms. The van der Waals surface area contributed by atoms with Gasteiger partial charge in [0, 0.05) is 39.3 Å². The molecule has 1 aliphatic rings. The van der Waals surface area contributed by atoms with Crippen molar-refractivity contribution in [3.05, 3.63) is 65.4 Å². The van der Waals surface area contributed by atoms with Gasteiger partial charge in [-0.15, -0.1) is 21.5 Å². The van der Waals surface area contributed by atoms with Crippen LogP contribution in [0.4, 0.5) is 0 Å². The Morgan fingerprint density at radius 1 is 1.09 bits per heavy atom. The lowest BCUT2D eigenvalue weighted by Gasteiger charge is -2.34. The number of rotatable bonds is 10. The van der Waals surface area contributed by atoms with Gasteiger partial charge >= 0.3 is 0 Å². The summed E-state index contributed by atoms with van der Waals surface area (Å²) < 4.78 is 5.80. The van der Waals surface area contributed by atoms with Gasteiger partial charge in [0.05, 0.1) is 18.0 Å². The van der Waals surface area contributed by atoms with Crippen LogP contribution in [-0.2, 0) is 11.3 Å². The van der Waals surface area contributed by atoms with Crippen molar-refractivity contribution in [1.82, 2.24) is 24.9 Å². The van der Waals surface area contributed by atoms with Crippen molar-refractivity contribution in [2.75, 3.05) is 45.8 Å². The first-order chi connectivity index (χ1) is 16.2. The minimum atomic E-state index is 0.116. The van der Waals surface area contributed by atoms with E-state index in [9.17, 15) is 4.79 Å². The van der Waals surface area contributed by atoms with E-state index < -0.39 is 0 Å². The van der Waals surface area contributed by atoms with Crippen LogP contribution >= 0.6 is 11.3 Å². The smallest absolute Gasteiger partial charge is 0.257 e. The van der Waals surface area contributed by atoms with E-state index in [0.29, 0.717) is 31.4 Å². The van der Waals surface area contributed by atoms with E-state index >= 15 is 0 Å². The van der Waals surface area contributed by atoms with E-state index in [-0.39, 0.29) is 5.91 Å². The first kappa shape index (κ1) is 23.4. The highest BCUT2D eigenvalue weighted by Gasteiger charge is 2.22. The van der Waals surface area contributed by atoms with Crippen LogP contribution in [0.25, 0.3) is 16.8 Å². The molecular formula is C25H31N5O2S. The third kappa shape index (κ3) is 6.83. The Balaban J connectivity index is 1.24. The van der Waals surface area contributed by atoms with Gasteiger partial charge in [-0.05, 0) is 23.4 Å². The third-order valence-corrected chi connectivity index (χ3v) is 6.53. The van der Waals surface area contributed by atoms with Gasteiger partial charge in [-0.25, -0.2) is 0 Å². The Labute approximate surface area is 199 Å². The Morgan fingerprint density at radius 2 is 1.88 bits per heavy atom. The summed E-state index contributed by atoms with van der Waals surface area (Å²) in [5.74, 6) is 1.11. The number of carbonyl (C=O) groups excluding carboxylic acids is 1. The molecule has 1 aromatic carbocycles. The summed E-state index contributed by atoms with van der Waals surface area (Å²) in [6.45, 7) is 8.20. The number of hydrogen-bond donors (Lipinski definition) is 0. The fourth-order valence-electron chi connectivity index (χ4n) is 3.87. The van der Waals surface area contributed by atoms with Crippen molar-refractivity contribution in [2.24, 2.45) is 0 Å². The molecule has 33 heavy (non-hydrogen) atoms. The Kier molecular flexibility index (Phi) is 8.41. The zero-order valence-electron chi connectivity index (χ0n) is 19.1. The average molecular weight is 466 g/mol. The van der Waals surface area contributed by atoms with Crippen molar-refractivity contribution < 1.29 is 9.21 Å². The Morgan fingerprint density at radius 3 is 2.61 bits per heavy atom. The lowest BCUT2D eigenvalue weighted by molar-refractivity contribution is -0.133. The molecule has 1 saturated heterocycles. The summed E-state index contributed by atoms with van der Waals surface area (Å²) in [6.07, 6.45) is 5.27. The normalized spacial score (nSPS) is 15.3. The molecule has 3 heterocycles. The van der Waals surface area contributed by atoms with Gasteiger partial charge in [0.2, 0.25) is 11.8 Å². The number of amides is 1. The highest BCUT2D eigenvalue weighted by molar-refractivity contribution is 7.13. The monoisotopic (exact) mass is 465 g/mol. The first-order valence-corrected chi connectivity index (χ1v) is 12.4. The van der Waals surface area contributed by atoms with Crippen LogP contribution in [0.1, 0.15) is 24.8 Å². The lowest BCUT2D eigenvalue weighted by atomic mass is 10.2. The number of hydrogen-bond acceptors (Lipinski definition) is 7. The second kappa shape index (κ2) is 11.9. The molecule has 0 unspecified atom stereocenters. The second-order valence-corrected chi connectivity index (χ2v) is 9.13. The van der Waals surface area contributed by atoms with E-state index in [0.717, 1.165) is 44.0 Å². The molecule has 0 N–H and O–H groups in total. The molecule has 7 nitrogen and oxygen atoms in total. The molecular weight excluding hydrogens is 434 g/mol. The third-order valence-electron chi connectivity index (χ3n) is 5.67. The van der Waals surface area contributed by atoms with Gasteiger partial charge < -0.3 is 9.32 Å². The molecule has 0 radical (unpaired) electrons. The predicted octanol–water partition coefficient (Wildman–Crippen LogP) is 3.87. The zero-order valence-corrected chi connectivity index (χ0v) is 19.9. The maximum atomic E-state index is 13.0. The summed E-state index contributed by atoms with van der Waals surface area (Å²) in [4.78, 5) is 20.5. The minimum Gasteiger partial charge on any atom is -0.418 e. The molecule has 4 rings (SSSR count). The van der Waals surface area contributed by atoms with Crippen LogP contribution < -0.4 is 0 Å². The number of nitrogens with zero attached hydrogens (tertiary/aromatic N) is 5. The van der Waals surface area contributed by atoms with Crippen molar-refractivity contribution >= 4 is 23.3 Å². The standard InChI is InChI=1S/C25H31N5O2S/c1-2-12-30(19-23-26-27-25(32-23)22-11-7-18-33-22)24(31)20-29-16-14-28(15-17-29)13-6-10-21-8-4-3-5-9-21/h3-11,18H,2,12-17,19-20H2,1H3/b10-6+. The van der Waals surface area contributed by atoms with Gasteiger partial charge in [0.15, 0.2) is 0 Å². The van der Waals surface area contributed by atoms with Crippen molar-refractivity contribution in [2.45, 2.75) is 19.9 Å². The average Bonchev–Trinajstić information content (AvgIpc) is 3.53. The van der Waals surface area contributed by atoms with Crippen LogP contribution in [-0.4, -0.2) is 76.6 Å². The number of thiophene rings is 1. The second-order valence-electron chi connectivity index (χ2n) is 8.18. The molecule has 0 saturated carbocycles. The fourth-order valence-corrected chi connectivity index (χ4v) is 4.51. The molecule has 1 amide bonds. The topological polar surface area (TPSA) is 65.7 Å². The summed E-state index contributed by atoms with van der Waals surface area (Å²) in [7, 11) is 0. The van der Waals surface area contributed by atoms with Gasteiger partial charge in [-0.3, -0.25) is 14.6 Å². The van der Waals surface area contributed by atoms with E-state index in [1.165, 1.54) is 5.56 Å². The first-order valence-electron chi connectivity index (χ1n) is 11.5. The molecule has 3 aromatic rings. The van der Waals surface area contributed by atoms with E-state index in [1.54, 1.807) is 11.3 Å². The number of aromatic nitrogens is 2. The predicted molar refractivity (Wildman–Crippen MR) is 132 cm³/mol. The van der Waals surface area contributed by atoms with Crippen LogP contribution in [0.3, 0.4) is 0 Å². The van der Waals surface area contributed by atoms with Crippen molar-refractivity contribution in [3.63, 3.8) is 0 Å². The van der Waals surface area contributed by atoms with Gasteiger partial charge in [-0.2, -0.15) is 0 Å². The maximum absolute atomic E-state index is 13.0. The van der Waals surface area contributed by atoms with Crippen LogP contribution in [0.5, 0.6) is 0 Å². The fraction of sp³-hybridized carbons (Fsp3) is 0.400. The van der Waals surface area contributed by atoms with E-state index in [2.05, 4.69) is 63.3 Å². The number of carbonyl (C=O) groups is 1. The zero-order chi connectivity index (χ0) is 22.9. The molecule has 1 fully saturated rings. The van der Waals surface area contributed by atoms with Crippen LogP contribution in [0.2, 0.25) is 0 Å². The Hall–Kier alpha value is -2.81. The van der Waals surface area contributed by atoms with Crippen molar-refractivity contribution in [3.8, 4) is 10.8 Å². The molecule has 8 heteroatoms. The van der Waals surface area contributed by atoms with E-state index in [1.807, 2.05) is 28.5 Å². The molecule has 2 aromatic heterocycles.